The molecule has 0 radical (unpaired) electrons. The highest BCUT2D eigenvalue weighted by Gasteiger charge is 2.21. The number of sulfonamides is 1. The number of carbonyl (C=O) groups is 1. The van der Waals surface area contributed by atoms with Crippen LogP contribution in [0.4, 0.5) is 11.4 Å². The zero-order valence-electron chi connectivity index (χ0n) is 14.5. The molecule has 0 saturated heterocycles. The monoisotopic (exact) mass is 444 g/mol. The number of benzene rings is 3. The number of anilines is 2. The molecule has 7 heteroatoms. The highest BCUT2D eigenvalue weighted by molar-refractivity contribution is 9.10. The summed E-state index contributed by atoms with van der Waals surface area (Å²) in [4.78, 5) is 12.7. The van der Waals surface area contributed by atoms with E-state index in [1.165, 1.54) is 19.2 Å². The topological polar surface area (TPSA) is 66.5 Å². The number of hydrogen-bond donors (Lipinski definition) is 1. The van der Waals surface area contributed by atoms with Gasteiger partial charge in [-0.15, -0.1) is 0 Å². The lowest BCUT2D eigenvalue weighted by atomic mass is 10.2. The van der Waals surface area contributed by atoms with Gasteiger partial charge >= 0.3 is 0 Å². The molecule has 0 spiro atoms. The van der Waals surface area contributed by atoms with Gasteiger partial charge in [0.15, 0.2) is 0 Å². The number of amides is 1. The van der Waals surface area contributed by atoms with Crippen molar-refractivity contribution in [1.82, 2.24) is 0 Å². The predicted molar refractivity (Wildman–Crippen MR) is 111 cm³/mol. The fourth-order valence-corrected chi connectivity index (χ4v) is 4.11. The Morgan fingerprint density at radius 2 is 1.63 bits per heavy atom. The number of nitrogens with zero attached hydrogens (tertiary/aromatic N) is 1. The standard InChI is InChI=1S/C20H17BrN2O3S/c1-23(27(25,26)19-11-3-2-4-12-19)18-10-5-7-15(13-18)20(24)22-17-9-6-8-16(21)14-17/h2-14H,1H3,(H,22,24). The molecule has 0 aromatic heterocycles. The van der Waals surface area contributed by atoms with E-state index in [0.717, 1.165) is 8.78 Å². The van der Waals surface area contributed by atoms with Gasteiger partial charge < -0.3 is 5.32 Å². The molecule has 0 fully saturated rings. The average molecular weight is 445 g/mol. The first-order chi connectivity index (χ1) is 12.9. The molecule has 0 aliphatic heterocycles. The minimum Gasteiger partial charge on any atom is -0.322 e. The summed E-state index contributed by atoms with van der Waals surface area (Å²) in [5.41, 5.74) is 1.41. The highest BCUT2D eigenvalue weighted by Crippen LogP contribution is 2.23. The first-order valence-corrected chi connectivity index (χ1v) is 10.3. The summed E-state index contributed by atoms with van der Waals surface area (Å²) in [6, 6.07) is 21.9. The molecule has 3 rings (SSSR count). The van der Waals surface area contributed by atoms with Crippen molar-refractivity contribution in [2.24, 2.45) is 0 Å². The molecule has 0 heterocycles. The first-order valence-electron chi connectivity index (χ1n) is 8.09. The van der Waals surface area contributed by atoms with E-state index in [4.69, 9.17) is 0 Å². The largest absolute Gasteiger partial charge is 0.322 e. The van der Waals surface area contributed by atoms with Crippen LogP contribution in [0.2, 0.25) is 0 Å². The lowest BCUT2D eigenvalue weighted by Crippen LogP contribution is -2.26. The molecule has 1 amide bonds. The molecule has 138 valence electrons. The Balaban J connectivity index is 1.86. The molecular weight excluding hydrogens is 428 g/mol. The lowest BCUT2D eigenvalue weighted by molar-refractivity contribution is 0.102. The van der Waals surface area contributed by atoms with E-state index in [9.17, 15) is 13.2 Å². The number of nitrogens with one attached hydrogen (secondary N) is 1. The van der Waals surface area contributed by atoms with Crippen molar-refractivity contribution in [3.8, 4) is 0 Å². The van der Waals surface area contributed by atoms with Crippen LogP contribution in [-0.2, 0) is 10.0 Å². The third kappa shape index (κ3) is 4.37. The molecule has 0 aliphatic rings. The van der Waals surface area contributed by atoms with Crippen molar-refractivity contribution >= 4 is 43.2 Å². The Labute approximate surface area is 166 Å². The van der Waals surface area contributed by atoms with Gasteiger partial charge in [0.05, 0.1) is 10.6 Å². The number of halogens is 1. The molecule has 0 unspecified atom stereocenters. The van der Waals surface area contributed by atoms with Crippen LogP contribution in [-0.4, -0.2) is 21.4 Å². The second-order valence-electron chi connectivity index (χ2n) is 5.80. The van der Waals surface area contributed by atoms with E-state index < -0.39 is 10.0 Å². The van der Waals surface area contributed by atoms with Crippen LogP contribution in [0, 0.1) is 0 Å². The molecule has 27 heavy (non-hydrogen) atoms. The molecule has 0 aliphatic carbocycles. The average Bonchev–Trinajstić information content (AvgIpc) is 2.68. The van der Waals surface area contributed by atoms with E-state index in [-0.39, 0.29) is 10.8 Å². The maximum Gasteiger partial charge on any atom is 0.264 e. The molecule has 0 atom stereocenters. The minimum absolute atomic E-state index is 0.191. The van der Waals surface area contributed by atoms with Gasteiger partial charge in [-0.25, -0.2) is 8.42 Å². The minimum atomic E-state index is -3.70. The van der Waals surface area contributed by atoms with Crippen LogP contribution in [0.1, 0.15) is 10.4 Å². The summed E-state index contributed by atoms with van der Waals surface area (Å²) in [6.07, 6.45) is 0. The van der Waals surface area contributed by atoms with Crippen molar-refractivity contribution in [2.45, 2.75) is 4.90 Å². The van der Waals surface area contributed by atoms with Crippen LogP contribution in [0.15, 0.2) is 88.2 Å². The van der Waals surface area contributed by atoms with Gasteiger partial charge in [0.25, 0.3) is 15.9 Å². The Morgan fingerprint density at radius 1 is 0.926 bits per heavy atom. The number of carbonyl (C=O) groups excluding carboxylic acids is 1. The molecule has 3 aromatic rings. The van der Waals surface area contributed by atoms with Crippen molar-refractivity contribution in [3.63, 3.8) is 0 Å². The van der Waals surface area contributed by atoms with Gasteiger partial charge in [-0.3, -0.25) is 9.10 Å². The summed E-state index contributed by atoms with van der Waals surface area (Å²) >= 11 is 3.36. The smallest absolute Gasteiger partial charge is 0.264 e. The van der Waals surface area contributed by atoms with Gasteiger partial charge in [0.1, 0.15) is 0 Å². The maximum atomic E-state index is 12.8. The summed E-state index contributed by atoms with van der Waals surface area (Å²) < 4.78 is 27.5. The normalized spacial score (nSPS) is 11.0. The first kappa shape index (κ1) is 19.1. The van der Waals surface area contributed by atoms with Crippen molar-refractivity contribution < 1.29 is 13.2 Å². The zero-order valence-corrected chi connectivity index (χ0v) is 16.9. The van der Waals surface area contributed by atoms with Gasteiger partial charge in [0, 0.05) is 22.8 Å². The predicted octanol–water partition coefficient (Wildman–Crippen LogP) is 4.53. The van der Waals surface area contributed by atoms with Crippen molar-refractivity contribution in [1.29, 1.82) is 0 Å². The maximum absolute atomic E-state index is 12.8. The third-order valence-electron chi connectivity index (χ3n) is 3.96. The van der Waals surface area contributed by atoms with Crippen molar-refractivity contribution in [2.75, 3.05) is 16.7 Å². The second-order valence-corrected chi connectivity index (χ2v) is 8.69. The van der Waals surface area contributed by atoms with Crippen LogP contribution in [0.5, 0.6) is 0 Å². The fraction of sp³-hybridized carbons (Fsp3) is 0.0500. The van der Waals surface area contributed by atoms with Gasteiger partial charge in [-0.1, -0.05) is 46.3 Å². The van der Waals surface area contributed by atoms with Gasteiger partial charge in [-0.2, -0.15) is 0 Å². The van der Waals surface area contributed by atoms with Crippen LogP contribution >= 0.6 is 15.9 Å². The number of rotatable bonds is 5. The SMILES string of the molecule is CN(c1cccc(C(=O)Nc2cccc(Br)c2)c1)S(=O)(=O)c1ccccc1. The zero-order chi connectivity index (χ0) is 19.4. The Morgan fingerprint density at radius 3 is 2.33 bits per heavy atom. The summed E-state index contributed by atoms with van der Waals surface area (Å²) in [5.74, 6) is -0.319. The molecule has 0 bridgehead atoms. The Kier molecular flexibility index (Phi) is 5.62. The highest BCUT2D eigenvalue weighted by atomic mass is 79.9. The Bertz CT molecular complexity index is 1070. The lowest BCUT2D eigenvalue weighted by Gasteiger charge is -2.20. The third-order valence-corrected chi connectivity index (χ3v) is 6.25. The quantitative estimate of drug-likeness (QED) is 0.628. The van der Waals surface area contributed by atoms with E-state index >= 15 is 0 Å². The molecule has 0 saturated carbocycles. The second kappa shape index (κ2) is 7.94. The van der Waals surface area contributed by atoms with E-state index in [1.807, 2.05) is 12.1 Å². The summed E-state index contributed by atoms with van der Waals surface area (Å²) in [5, 5.41) is 2.80. The van der Waals surface area contributed by atoms with E-state index in [0.29, 0.717) is 16.9 Å². The Hall–Kier alpha value is -2.64. The summed E-state index contributed by atoms with van der Waals surface area (Å²) in [6.45, 7) is 0. The van der Waals surface area contributed by atoms with Crippen LogP contribution in [0.3, 0.4) is 0 Å². The van der Waals surface area contributed by atoms with Crippen LogP contribution < -0.4 is 9.62 Å². The number of hydrogen-bond acceptors (Lipinski definition) is 3. The van der Waals surface area contributed by atoms with Gasteiger partial charge in [0.2, 0.25) is 0 Å². The van der Waals surface area contributed by atoms with Crippen molar-refractivity contribution in [3.05, 3.63) is 88.9 Å². The molecule has 5 nitrogen and oxygen atoms in total. The fourth-order valence-electron chi connectivity index (χ4n) is 2.50. The van der Waals surface area contributed by atoms with E-state index in [2.05, 4.69) is 21.2 Å². The summed E-state index contributed by atoms with van der Waals surface area (Å²) in [7, 11) is -2.24. The van der Waals surface area contributed by atoms with E-state index in [1.54, 1.807) is 54.6 Å². The van der Waals surface area contributed by atoms with Crippen LogP contribution in [0.25, 0.3) is 0 Å². The van der Waals surface area contributed by atoms with Gasteiger partial charge in [-0.05, 0) is 48.5 Å². The molecular formula is C20H17BrN2O3S. The molecule has 1 N–H and O–H groups in total. The molecule has 3 aromatic carbocycles.